The molecule has 2 heterocycles. The molecule has 0 bridgehead atoms. The van der Waals surface area contributed by atoms with E-state index in [4.69, 9.17) is 4.42 Å². The largest absolute Gasteiger partial charge is 0.401 e. The molecule has 0 aliphatic carbocycles. The number of aromatic nitrogens is 3. The van der Waals surface area contributed by atoms with Gasteiger partial charge in [-0.15, -0.1) is 16.4 Å². The van der Waals surface area contributed by atoms with E-state index in [1.807, 2.05) is 6.92 Å². The Labute approximate surface area is 154 Å². The number of hydrogen-bond donors (Lipinski definition) is 1. The molecule has 0 atom stereocenters. The number of aryl methyl sites for hydroxylation is 1. The van der Waals surface area contributed by atoms with E-state index in [-0.39, 0.29) is 22.4 Å². The van der Waals surface area contributed by atoms with Crippen molar-refractivity contribution < 1.29 is 17.6 Å². The van der Waals surface area contributed by atoms with E-state index in [2.05, 4.69) is 20.5 Å². The zero-order chi connectivity index (χ0) is 18.9. The van der Waals surface area contributed by atoms with Crippen LogP contribution in [0.15, 0.2) is 39.0 Å². The second kappa shape index (κ2) is 6.96. The first-order valence-corrected chi connectivity index (χ1v) is 10.1. The first-order chi connectivity index (χ1) is 12.3. The SMILES string of the molecule is Cc1nc(-c2nnc(NC(=O)c3cccc(S(=O)(=O)C(C)C)c3)o2)cs1. The molecule has 1 amide bonds. The van der Waals surface area contributed by atoms with Crippen molar-refractivity contribution in [2.24, 2.45) is 0 Å². The number of carbonyl (C=O) groups excluding carboxylic acids is 1. The van der Waals surface area contributed by atoms with Gasteiger partial charge in [-0.1, -0.05) is 11.2 Å². The predicted octanol–water partition coefficient (Wildman–Crippen LogP) is 2.94. The van der Waals surface area contributed by atoms with Gasteiger partial charge in [0.05, 0.1) is 15.2 Å². The van der Waals surface area contributed by atoms with Crippen molar-refractivity contribution >= 4 is 33.1 Å². The van der Waals surface area contributed by atoms with Gasteiger partial charge in [0.1, 0.15) is 5.69 Å². The maximum absolute atomic E-state index is 12.4. The third-order valence-electron chi connectivity index (χ3n) is 3.53. The Morgan fingerprint density at radius 2 is 2.04 bits per heavy atom. The van der Waals surface area contributed by atoms with E-state index < -0.39 is 21.0 Å². The number of carbonyl (C=O) groups is 1. The molecule has 2 aromatic heterocycles. The highest BCUT2D eigenvalue weighted by molar-refractivity contribution is 7.92. The highest BCUT2D eigenvalue weighted by Gasteiger charge is 2.21. The zero-order valence-corrected chi connectivity index (χ0v) is 15.9. The van der Waals surface area contributed by atoms with E-state index in [9.17, 15) is 13.2 Å². The summed E-state index contributed by atoms with van der Waals surface area (Å²) in [5, 5.41) is 12.1. The van der Waals surface area contributed by atoms with Gasteiger partial charge in [-0.25, -0.2) is 13.4 Å². The van der Waals surface area contributed by atoms with Gasteiger partial charge in [0.25, 0.3) is 11.8 Å². The van der Waals surface area contributed by atoms with E-state index >= 15 is 0 Å². The van der Waals surface area contributed by atoms with Crippen LogP contribution in [0.5, 0.6) is 0 Å². The van der Waals surface area contributed by atoms with Crippen LogP contribution in [0.1, 0.15) is 29.2 Å². The molecule has 0 saturated heterocycles. The fraction of sp³-hybridized carbons (Fsp3) is 0.250. The first-order valence-electron chi connectivity index (χ1n) is 7.68. The molecule has 1 N–H and O–H groups in total. The lowest BCUT2D eigenvalue weighted by atomic mass is 10.2. The number of nitrogens with zero attached hydrogens (tertiary/aromatic N) is 3. The van der Waals surface area contributed by atoms with Crippen molar-refractivity contribution in [3.05, 3.63) is 40.2 Å². The standard InChI is InChI=1S/C16H16N4O4S2/c1-9(2)26(22,23)12-6-4-5-11(7-12)14(21)18-16-20-19-15(24-16)13-8-25-10(3)17-13/h4-9H,1-3H3,(H,18,20,21). The zero-order valence-electron chi connectivity index (χ0n) is 14.3. The summed E-state index contributed by atoms with van der Waals surface area (Å²) in [6.07, 6.45) is 0. The molecule has 0 spiro atoms. The molecule has 0 aliphatic rings. The van der Waals surface area contributed by atoms with Crippen molar-refractivity contribution in [2.45, 2.75) is 30.9 Å². The summed E-state index contributed by atoms with van der Waals surface area (Å²) in [7, 11) is -3.47. The molecule has 10 heteroatoms. The Morgan fingerprint density at radius 3 is 2.69 bits per heavy atom. The third kappa shape index (κ3) is 3.65. The van der Waals surface area contributed by atoms with Crippen molar-refractivity contribution in [3.8, 4) is 11.6 Å². The summed E-state index contributed by atoms with van der Waals surface area (Å²) >= 11 is 1.44. The second-order valence-corrected chi connectivity index (χ2v) is 9.31. The number of nitrogens with one attached hydrogen (secondary N) is 1. The van der Waals surface area contributed by atoms with Gasteiger partial charge < -0.3 is 4.42 Å². The van der Waals surface area contributed by atoms with Crippen molar-refractivity contribution in [3.63, 3.8) is 0 Å². The minimum Gasteiger partial charge on any atom is -0.401 e. The molecule has 0 saturated carbocycles. The lowest BCUT2D eigenvalue weighted by molar-refractivity contribution is 0.102. The molecule has 0 fully saturated rings. The molecule has 0 unspecified atom stereocenters. The Bertz CT molecular complexity index is 1050. The molecule has 26 heavy (non-hydrogen) atoms. The summed E-state index contributed by atoms with van der Waals surface area (Å²) in [6.45, 7) is 5.02. The Morgan fingerprint density at radius 1 is 1.27 bits per heavy atom. The smallest absolute Gasteiger partial charge is 0.322 e. The number of sulfone groups is 1. The van der Waals surface area contributed by atoms with Gasteiger partial charge in [-0.2, -0.15) is 0 Å². The highest BCUT2D eigenvalue weighted by atomic mass is 32.2. The Balaban J connectivity index is 1.80. The molecule has 3 aromatic rings. The van der Waals surface area contributed by atoms with Crippen LogP contribution in [0.4, 0.5) is 6.01 Å². The van der Waals surface area contributed by atoms with Gasteiger partial charge in [0.2, 0.25) is 0 Å². The Kier molecular flexibility index (Phi) is 4.88. The summed E-state index contributed by atoms with van der Waals surface area (Å²) < 4.78 is 29.9. The van der Waals surface area contributed by atoms with Crippen LogP contribution in [0.25, 0.3) is 11.6 Å². The number of amides is 1. The van der Waals surface area contributed by atoms with Crippen LogP contribution in [0.3, 0.4) is 0 Å². The highest BCUT2D eigenvalue weighted by Crippen LogP contribution is 2.22. The Hall–Kier alpha value is -2.59. The number of rotatable bonds is 5. The minimum absolute atomic E-state index is 0.0873. The number of anilines is 1. The van der Waals surface area contributed by atoms with Gasteiger partial charge >= 0.3 is 6.01 Å². The third-order valence-corrected chi connectivity index (χ3v) is 6.45. The van der Waals surface area contributed by atoms with E-state index in [1.54, 1.807) is 19.2 Å². The van der Waals surface area contributed by atoms with Crippen molar-refractivity contribution in [1.82, 2.24) is 15.2 Å². The number of thiazole rings is 1. The lowest BCUT2D eigenvalue weighted by Gasteiger charge is -2.09. The monoisotopic (exact) mass is 392 g/mol. The minimum atomic E-state index is -3.47. The van der Waals surface area contributed by atoms with Crippen molar-refractivity contribution in [1.29, 1.82) is 0 Å². The normalized spacial score (nSPS) is 11.7. The fourth-order valence-electron chi connectivity index (χ4n) is 2.09. The topological polar surface area (TPSA) is 115 Å². The number of benzene rings is 1. The van der Waals surface area contributed by atoms with Crippen LogP contribution in [-0.4, -0.2) is 34.8 Å². The van der Waals surface area contributed by atoms with E-state index in [0.29, 0.717) is 5.69 Å². The van der Waals surface area contributed by atoms with Crippen LogP contribution >= 0.6 is 11.3 Å². The summed E-state index contributed by atoms with van der Waals surface area (Å²) in [4.78, 5) is 16.7. The van der Waals surface area contributed by atoms with Crippen molar-refractivity contribution in [2.75, 3.05) is 5.32 Å². The molecule has 136 valence electrons. The average Bonchev–Trinajstić information content (AvgIpc) is 3.23. The van der Waals surface area contributed by atoms with E-state index in [1.165, 1.54) is 35.6 Å². The van der Waals surface area contributed by atoms with Gasteiger partial charge in [0.15, 0.2) is 9.84 Å². The summed E-state index contributed by atoms with van der Waals surface area (Å²) in [5.41, 5.74) is 0.710. The quantitative estimate of drug-likeness (QED) is 0.710. The molecular formula is C16H16N4O4S2. The van der Waals surface area contributed by atoms with Crippen LogP contribution in [-0.2, 0) is 9.84 Å². The lowest BCUT2D eigenvalue weighted by Crippen LogP contribution is -2.16. The molecule has 0 radical (unpaired) electrons. The maximum Gasteiger partial charge on any atom is 0.322 e. The molecule has 8 nitrogen and oxygen atoms in total. The average molecular weight is 392 g/mol. The van der Waals surface area contributed by atoms with Crippen LogP contribution in [0.2, 0.25) is 0 Å². The second-order valence-electron chi connectivity index (χ2n) is 5.74. The van der Waals surface area contributed by atoms with Crippen LogP contribution in [0, 0.1) is 6.92 Å². The summed E-state index contributed by atoms with van der Waals surface area (Å²) in [6, 6.07) is 5.72. The van der Waals surface area contributed by atoms with Gasteiger partial charge in [-0.05, 0) is 39.0 Å². The molecule has 0 aliphatic heterocycles. The molecule has 3 rings (SSSR count). The number of hydrogen-bond acceptors (Lipinski definition) is 8. The molecule has 1 aromatic carbocycles. The van der Waals surface area contributed by atoms with Crippen LogP contribution < -0.4 is 5.32 Å². The predicted molar refractivity (Wildman–Crippen MR) is 96.9 cm³/mol. The maximum atomic E-state index is 12.4. The summed E-state index contributed by atoms with van der Waals surface area (Å²) in [5.74, 6) is -0.351. The first kappa shape index (κ1) is 18.2. The fourth-order valence-corrected chi connectivity index (χ4v) is 3.79. The van der Waals surface area contributed by atoms with Gasteiger partial charge in [-0.3, -0.25) is 10.1 Å². The molecular weight excluding hydrogens is 376 g/mol. The van der Waals surface area contributed by atoms with Gasteiger partial charge in [0, 0.05) is 10.9 Å². The van der Waals surface area contributed by atoms with E-state index in [0.717, 1.165) is 5.01 Å².